The number of aliphatic hydroxyl groups excluding tert-OH is 1. The summed E-state index contributed by atoms with van der Waals surface area (Å²) in [6, 6.07) is 5.47. The molecular weight excluding hydrogens is 400 g/mol. The largest absolute Gasteiger partial charge is 0.393 e. The van der Waals surface area contributed by atoms with Gasteiger partial charge in [-0.15, -0.1) is 0 Å². The summed E-state index contributed by atoms with van der Waals surface area (Å²) in [7, 11) is 0. The van der Waals surface area contributed by atoms with Crippen LogP contribution in [0.3, 0.4) is 0 Å². The second-order valence-corrected chi connectivity index (χ2v) is 9.49. The van der Waals surface area contributed by atoms with E-state index in [2.05, 4.69) is 46.9 Å². The molecule has 174 valence electrons. The van der Waals surface area contributed by atoms with Gasteiger partial charge in [0.05, 0.1) is 17.4 Å². The van der Waals surface area contributed by atoms with Gasteiger partial charge in [0.15, 0.2) is 0 Å². The maximum Gasteiger partial charge on any atom is 0.224 e. The highest BCUT2D eigenvalue weighted by Crippen LogP contribution is 2.29. The molecule has 4 rings (SSSR count). The molecule has 1 saturated heterocycles. The van der Waals surface area contributed by atoms with Crippen molar-refractivity contribution in [2.24, 2.45) is 0 Å². The average Bonchev–Trinajstić information content (AvgIpc) is 3.30. The van der Waals surface area contributed by atoms with E-state index < -0.39 is 0 Å². The minimum absolute atomic E-state index is 0.173. The van der Waals surface area contributed by atoms with Crippen molar-refractivity contribution in [3.05, 3.63) is 30.1 Å². The van der Waals surface area contributed by atoms with E-state index >= 15 is 0 Å². The van der Waals surface area contributed by atoms with E-state index in [4.69, 9.17) is 9.97 Å². The molecule has 2 aromatic heterocycles. The first-order chi connectivity index (χ1) is 15.6. The highest BCUT2D eigenvalue weighted by molar-refractivity contribution is 5.73. The van der Waals surface area contributed by atoms with Gasteiger partial charge in [-0.05, 0) is 76.5 Å². The summed E-state index contributed by atoms with van der Waals surface area (Å²) in [6.45, 7) is 5.47. The van der Waals surface area contributed by atoms with Gasteiger partial charge in [0, 0.05) is 30.5 Å². The summed E-state index contributed by atoms with van der Waals surface area (Å²) < 4.78 is 0. The van der Waals surface area contributed by atoms with Gasteiger partial charge in [-0.1, -0.05) is 19.4 Å². The summed E-state index contributed by atoms with van der Waals surface area (Å²) in [5, 5.41) is 20.5. The summed E-state index contributed by atoms with van der Waals surface area (Å²) in [4.78, 5) is 14.2. The Hall–Kier alpha value is -2.25. The van der Waals surface area contributed by atoms with Gasteiger partial charge in [-0.2, -0.15) is 4.98 Å². The number of pyridine rings is 1. The number of hydrogen-bond donors (Lipinski definition) is 4. The van der Waals surface area contributed by atoms with Gasteiger partial charge in [0.2, 0.25) is 5.95 Å². The van der Waals surface area contributed by atoms with Crippen LogP contribution in [0.5, 0.6) is 0 Å². The predicted octanol–water partition coefficient (Wildman–Crippen LogP) is 4.15. The van der Waals surface area contributed by atoms with Crippen molar-refractivity contribution >= 4 is 11.8 Å². The van der Waals surface area contributed by atoms with Crippen LogP contribution in [0.25, 0.3) is 11.3 Å². The van der Waals surface area contributed by atoms with E-state index in [9.17, 15) is 5.11 Å². The second-order valence-electron chi connectivity index (χ2n) is 9.49. The molecule has 7 heteroatoms. The third-order valence-corrected chi connectivity index (χ3v) is 6.67. The van der Waals surface area contributed by atoms with E-state index in [1.807, 2.05) is 12.4 Å². The Morgan fingerprint density at radius 2 is 1.97 bits per heavy atom. The van der Waals surface area contributed by atoms with Crippen molar-refractivity contribution < 1.29 is 5.11 Å². The maximum atomic E-state index is 9.87. The molecule has 7 nitrogen and oxygen atoms in total. The Bertz CT molecular complexity index is 844. The number of rotatable bonds is 9. The number of hydrogen-bond acceptors (Lipinski definition) is 7. The Morgan fingerprint density at radius 1 is 1.12 bits per heavy atom. The lowest BCUT2D eigenvalue weighted by atomic mass is 9.93. The van der Waals surface area contributed by atoms with Crippen LogP contribution in [-0.2, 0) is 6.42 Å². The number of anilines is 2. The van der Waals surface area contributed by atoms with Gasteiger partial charge in [0.25, 0.3) is 0 Å². The first-order valence-corrected chi connectivity index (χ1v) is 12.4. The van der Waals surface area contributed by atoms with Gasteiger partial charge in [-0.3, -0.25) is 4.98 Å². The smallest absolute Gasteiger partial charge is 0.224 e. The second kappa shape index (κ2) is 11.1. The molecule has 1 aliphatic heterocycles. The fourth-order valence-electron chi connectivity index (χ4n) is 4.81. The van der Waals surface area contributed by atoms with Crippen molar-refractivity contribution in [2.75, 3.05) is 17.2 Å². The van der Waals surface area contributed by atoms with Crippen LogP contribution < -0.4 is 16.0 Å². The fraction of sp³-hybridized carbons (Fsp3) is 0.640. The number of nitrogens with zero attached hydrogens (tertiary/aromatic N) is 3. The first kappa shape index (κ1) is 22.9. The molecule has 0 bridgehead atoms. The van der Waals surface area contributed by atoms with Gasteiger partial charge >= 0.3 is 0 Å². The molecule has 1 aliphatic carbocycles. The van der Waals surface area contributed by atoms with Gasteiger partial charge in [-0.25, -0.2) is 4.98 Å². The Labute approximate surface area is 191 Å². The molecule has 0 radical (unpaired) electrons. The quantitative estimate of drug-likeness (QED) is 0.467. The molecule has 2 aliphatic rings. The van der Waals surface area contributed by atoms with Crippen LogP contribution in [0.2, 0.25) is 0 Å². The predicted molar refractivity (Wildman–Crippen MR) is 130 cm³/mol. The Balaban J connectivity index is 1.53. The van der Waals surface area contributed by atoms with Crippen LogP contribution in [-0.4, -0.2) is 50.8 Å². The molecule has 1 unspecified atom stereocenters. The maximum absolute atomic E-state index is 9.87. The van der Waals surface area contributed by atoms with E-state index in [1.54, 1.807) is 0 Å². The zero-order valence-corrected chi connectivity index (χ0v) is 19.5. The van der Waals surface area contributed by atoms with Crippen molar-refractivity contribution in [3.8, 4) is 11.3 Å². The molecule has 2 atom stereocenters. The standard InChI is InChI=1S/C25H38N6O/c1-3-5-17(2)29-25-28-16-22(24(31-25)30-19-8-10-21(32)11-9-19)23-12-7-18(15-27-23)14-20-6-4-13-26-20/h7,12,15-17,19-21,26,32H,3-6,8-11,13-14H2,1-2H3,(H2,28,29,30,31)/t17-,19?,20?,21?/m0/s1. The topological polar surface area (TPSA) is 95.0 Å². The highest BCUT2D eigenvalue weighted by atomic mass is 16.3. The molecule has 2 aromatic rings. The van der Waals surface area contributed by atoms with Crippen molar-refractivity contribution in [2.45, 2.75) is 95.9 Å². The first-order valence-electron chi connectivity index (χ1n) is 12.4. The minimum Gasteiger partial charge on any atom is -0.393 e. The Kier molecular flexibility index (Phi) is 7.92. The summed E-state index contributed by atoms with van der Waals surface area (Å²) in [5.74, 6) is 1.47. The number of aromatic nitrogens is 3. The summed E-state index contributed by atoms with van der Waals surface area (Å²) >= 11 is 0. The van der Waals surface area contributed by atoms with Crippen LogP contribution in [0.15, 0.2) is 24.5 Å². The molecule has 2 fully saturated rings. The molecule has 0 amide bonds. The summed E-state index contributed by atoms with van der Waals surface area (Å²) in [6.07, 6.45) is 13.0. The number of aliphatic hydroxyl groups is 1. The molecular formula is C25H38N6O. The lowest BCUT2D eigenvalue weighted by Gasteiger charge is -2.27. The minimum atomic E-state index is -0.173. The van der Waals surface area contributed by atoms with Crippen molar-refractivity contribution in [3.63, 3.8) is 0 Å². The fourth-order valence-corrected chi connectivity index (χ4v) is 4.81. The van der Waals surface area contributed by atoms with Crippen LogP contribution in [0.4, 0.5) is 11.8 Å². The molecule has 0 aromatic carbocycles. The van der Waals surface area contributed by atoms with Gasteiger partial charge in [0.1, 0.15) is 5.82 Å². The molecule has 4 N–H and O–H groups in total. The van der Waals surface area contributed by atoms with Crippen LogP contribution >= 0.6 is 0 Å². The van der Waals surface area contributed by atoms with Crippen LogP contribution in [0, 0.1) is 0 Å². The highest BCUT2D eigenvalue weighted by Gasteiger charge is 2.22. The van der Waals surface area contributed by atoms with Crippen molar-refractivity contribution in [1.29, 1.82) is 0 Å². The normalized spacial score (nSPS) is 24.3. The lowest BCUT2D eigenvalue weighted by molar-refractivity contribution is 0.126. The van der Waals surface area contributed by atoms with Crippen LogP contribution in [0.1, 0.15) is 70.8 Å². The third kappa shape index (κ3) is 6.17. The van der Waals surface area contributed by atoms with E-state index in [0.29, 0.717) is 24.1 Å². The lowest BCUT2D eigenvalue weighted by Crippen LogP contribution is -2.29. The molecule has 32 heavy (non-hydrogen) atoms. The average molecular weight is 439 g/mol. The van der Waals surface area contributed by atoms with E-state index in [1.165, 1.54) is 18.4 Å². The molecule has 1 saturated carbocycles. The zero-order valence-electron chi connectivity index (χ0n) is 19.5. The number of nitrogens with one attached hydrogen (secondary N) is 3. The Morgan fingerprint density at radius 3 is 2.66 bits per heavy atom. The summed E-state index contributed by atoms with van der Waals surface area (Å²) in [5.41, 5.74) is 3.08. The van der Waals surface area contributed by atoms with Crippen molar-refractivity contribution in [1.82, 2.24) is 20.3 Å². The monoisotopic (exact) mass is 438 g/mol. The molecule has 0 spiro atoms. The SMILES string of the molecule is CCC[C@H](C)Nc1ncc(-c2ccc(CC3CCCN3)cn2)c(NC2CCC(O)CC2)n1. The van der Waals surface area contributed by atoms with Gasteiger partial charge < -0.3 is 21.1 Å². The zero-order chi connectivity index (χ0) is 22.3. The molecule has 3 heterocycles. The van der Waals surface area contributed by atoms with E-state index in [0.717, 1.165) is 68.6 Å². The van der Waals surface area contributed by atoms with E-state index in [-0.39, 0.29) is 6.10 Å². The third-order valence-electron chi connectivity index (χ3n) is 6.67.